The van der Waals surface area contributed by atoms with E-state index in [1.165, 1.54) is 0 Å². The molecule has 0 heterocycles. The minimum atomic E-state index is -0.669. The summed E-state index contributed by atoms with van der Waals surface area (Å²) in [4.78, 5) is 9.46. The number of rotatable bonds is 3. The summed E-state index contributed by atoms with van der Waals surface area (Å²) in [6, 6.07) is 1.76. The first kappa shape index (κ1) is 6.69. The van der Waals surface area contributed by atoms with E-state index in [2.05, 4.69) is 0 Å². The molecule has 0 unspecified atom stereocenters. The second-order valence-electron chi connectivity index (χ2n) is 1.07. The lowest BCUT2D eigenvalue weighted by molar-refractivity contribution is -0.543. The molecule has 1 N–H and O–H groups in total. The Morgan fingerprint density at radius 1 is 1.88 bits per heavy atom. The Morgan fingerprint density at radius 2 is 2.50 bits per heavy atom. The Labute approximate surface area is 46.0 Å². The van der Waals surface area contributed by atoms with Gasteiger partial charge in [-0.1, -0.05) is 0 Å². The van der Waals surface area contributed by atoms with Gasteiger partial charge >= 0.3 is 0 Å². The van der Waals surface area contributed by atoms with Crippen LogP contribution in [0, 0.1) is 21.4 Å². The van der Waals surface area contributed by atoms with Gasteiger partial charge in [-0.05, 0) is 0 Å². The maximum atomic E-state index is 9.46. The first-order valence-corrected chi connectivity index (χ1v) is 2.02. The maximum Gasteiger partial charge on any atom is 0.157 e. The van der Waals surface area contributed by atoms with Crippen LogP contribution in [0.5, 0.6) is 0 Å². The van der Waals surface area contributed by atoms with Gasteiger partial charge in [-0.2, -0.15) is 5.26 Å². The third-order valence-electron chi connectivity index (χ3n) is 0.478. The highest BCUT2D eigenvalue weighted by molar-refractivity contribution is 4.67. The molecule has 0 aromatic rings. The topological polar surface area (TPSA) is 79.0 Å². The molecule has 0 saturated heterocycles. The van der Waals surface area contributed by atoms with Gasteiger partial charge in [0, 0.05) is 0 Å². The summed E-state index contributed by atoms with van der Waals surface area (Å²) in [6.45, 7) is 0.115. The molecular weight excluding hydrogens is 110 g/mol. The normalized spacial score (nSPS) is 7.38. The molecular formula is C3H5N3O2. The summed E-state index contributed by atoms with van der Waals surface area (Å²) in [7, 11) is 0. The van der Waals surface area contributed by atoms with E-state index < -0.39 is 5.03 Å². The summed E-state index contributed by atoms with van der Waals surface area (Å²) in [5.41, 5.74) is 1.85. The van der Waals surface area contributed by atoms with Crippen molar-refractivity contribution in [1.29, 1.82) is 5.26 Å². The van der Waals surface area contributed by atoms with E-state index in [-0.39, 0.29) is 13.0 Å². The van der Waals surface area contributed by atoms with E-state index in [4.69, 9.17) is 5.26 Å². The average molecular weight is 115 g/mol. The molecule has 0 aliphatic rings. The lowest BCUT2D eigenvalue weighted by Gasteiger charge is -1.87. The van der Waals surface area contributed by atoms with Crippen molar-refractivity contribution in [1.82, 2.24) is 5.43 Å². The van der Waals surface area contributed by atoms with Crippen LogP contribution in [-0.2, 0) is 0 Å². The van der Waals surface area contributed by atoms with Crippen molar-refractivity contribution in [3.8, 4) is 6.07 Å². The summed E-state index contributed by atoms with van der Waals surface area (Å²) < 4.78 is 0. The van der Waals surface area contributed by atoms with E-state index in [9.17, 15) is 10.1 Å². The number of nitro groups is 1. The lowest BCUT2D eigenvalue weighted by Crippen LogP contribution is -2.21. The quantitative estimate of drug-likeness (QED) is 0.310. The Morgan fingerprint density at radius 3 is 2.88 bits per heavy atom. The molecule has 0 fully saturated rings. The molecule has 0 radical (unpaired) electrons. The molecule has 0 aliphatic heterocycles. The number of hydrazine groups is 1. The van der Waals surface area contributed by atoms with E-state index in [0.29, 0.717) is 0 Å². The highest BCUT2D eigenvalue weighted by Gasteiger charge is 1.88. The molecule has 0 aromatic heterocycles. The zero-order chi connectivity index (χ0) is 6.41. The SMILES string of the molecule is N#CCCN[N+](=O)[O-]. The monoisotopic (exact) mass is 115 g/mol. The predicted molar refractivity (Wildman–Crippen MR) is 25.2 cm³/mol. The fourth-order valence-corrected chi connectivity index (χ4v) is 0.203. The third-order valence-corrected chi connectivity index (χ3v) is 0.478. The molecule has 8 heavy (non-hydrogen) atoms. The zero-order valence-corrected chi connectivity index (χ0v) is 4.13. The summed E-state index contributed by atoms with van der Waals surface area (Å²) in [5.74, 6) is 0. The number of nitriles is 1. The maximum absolute atomic E-state index is 9.46. The van der Waals surface area contributed by atoms with E-state index in [1.807, 2.05) is 5.43 Å². The van der Waals surface area contributed by atoms with Crippen LogP contribution in [0.2, 0.25) is 0 Å². The minimum absolute atomic E-state index is 0.115. The number of hydrogen-bond acceptors (Lipinski definition) is 3. The zero-order valence-electron chi connectivity index (χ0n) is 4.13. The van der Waals surface area contributed by atoms with E-state index in [1.54, 1.807) is 6.07 Å². The number of hydrogen-bond donors (Lipinski definition) is 1. The van der Waals surface area contributed by atoms with Gasteiger partial charge in [0.2, 0.25) is 0 Å². The van der Waals surface area contributed by atoms with Crippen molar-refractivity contribution in [2.24, 2.45) is 0 Å². The predicted octanol–water partition coefficient (Wildman–Crippen LogP) is -0.319. The van der Waals surface area contributed by atoms with Crippen LogP contribution >= 0.6 is 0 Å². The van der Waals surface area contributed by atoms with Crippen molar-refractivity contribution < 1.29 is 5.03 Å². The van der Waals surface area contributed by atoms with Crippen LogP contribution in [0.1, 0.15) is 6.42 Å². The highest BCUT2D eigenvalue weighted by Crippen LogP contribution is 1.67. The third kappa shape index (κ3) is 4.69. The number of nitrogens with zero attached hydrogens (tertiary/aromatic N) is 2. The van der Waals surface area contributed by atoms with Gasteiger partial charge in [-0.25, -0.2) is 10.1 Å². The van der Waals surface area contributed by atoms with Crippen molar-refractivity contribution in [2.75, 3.05) is 6.54 Å². The van der Waals surface area contributed by atoms with Gasteiger partial charge in [0.25, 0.3) is 0 Å². The molecule has 44 valence electrons. The molecule has 0 aromatic carbocycles. The Hall–Kier alpha value is -1.31. The Kier molecular flexibility index (Phi) is 3.23. The van der Waals surface area contributed by atoms with Crippen molar-refractivity contribution in [3.63, 3.8) is 0 Å². The van der Waals surface area contributed by atoms with Crippen molar-refractivity contribution in [3.05, 3.63) is 10.1 Å². The van der Waals surface area contributed by atoms with E-state index in [0.717, 1.165) is 0 Å². The molecule has 5 nitrogen and oxygen atoms in total. The second kappa shape index (κ2) is 3.87. The van der Waals surface area contributed by atoms with Crippen molar-refractivity contribution in [2.45, 2.75) is 6.42 Å². The first-order chi connectivity index (χ1) is 3.77. The van der Waals surface area contributed by atoms with Crippen LogP contribution in [0.25, 0.3) is 0 Å². The van der Waals surface area contributed by atoms with Gasteiger partial charge in [-0.15, -0.1) is 5.43 Å². The highest BCUT2D eigenvalue weighted by atomic mass is 16.7. The summed E-state index contributed by atoms with van der Waals surface area (Å²) >= 11 is 0. The fraction of sp³-hybridized carbons (Fsp3) is 0.667. The molecule has 0 bridgehead atoms. The average Bonchev–Trinajstić information content (AvgIpc) is 1.66. The molecule has 0 spiro atoms. The molecule has 0 atom stereocenters. The molecule has 0 saturated carbocycles. The fourth-order valence-electron chi connectivity index (χ4n) is 0.203. The van der Waals surface area contributed by atoms with Gasteiger partial charge in [0.05, 0.1) is 19.0 Å². The van der Waals surface area contributed by atoms with Gasteiger partial charge in [0.1, 0.15) is 0 Å². The molecule has 0 rings (SSSR count). The van der Waals surface area contributed by atoms with Crippen LogP contribution < -0.4 is 5.43 Å². The van der Waals surface area contributed by atoms with Gasteiger partial charge in [0.15, 0.2) is 5.03 Å². The molecule has 0 aliphatic carbocycles. The number of nitrogens with one attached hydrogen (secondary N) is 1. The van der Waals surface area contributed by atoms with Crippen LogP contribution in [0.4, 0.5) is 0 Å². The smallest absolute Gasteiger partial charge is 0.157 e. The minimum Gasteiger partial charge on any atom is -0.235 e. The van der Waals surface area contributed by atoms with Crippen LogP contribution in [-0.4, -0.2) is 11.6 Å². The summed E-state index contributed by atoms with van der Waals surface area (Å²) in [6.07, 6.45) is 0.168. The molecule has 5 heteroatoms. The van der Waals surface area contributed by atoms with Crippen molar-refractivity contribution >= 4 is 0 Å². The Bertz CT molecular complexity index is 116. The summed E-state index contributed by atoms with van der Waals surface area (Å²) in [5, 5.41) is 16.7. The standard InChI is InChI=1S/C3H5N3O2/c4-2-1-3-5-6(7)8/h5H,1,3H2. The van der Waals surface area contributed by atoms with Crippen LogP contribution in [0.3, 0.4) is 0 Å². The van der Waals surface area contributed by atoms with Gasteiger partial charge < -0.3 is 0 Å². The second-order valence-corrected chi connectivity index (χ2v) is 1.07. The first-order valence-electron chi connectivity index (χ1n) is 2.02. The van der Waals surface area contributed by atoms with Gasteiger partial charge in [-0.3, -0.25) is 0 Å². The van der Waals surface area contributed by atoms with E-state index >= 15 is 0 Å². The Balaban J connectivity index is 2.97. The lowest BCUT2D eigenvalue weighted by atomic mass is 10.5. The van der Waals surface area contributed by atoms with Crippen LogP contribution in [0.15, 0.2) is 0 Å². The largest absolute Gasteiger partial charge is 0.235 e. The molecule has 0 amide bonds.